The summed E-state index contributed by atoms with van der Waals surface area (Å²) in [6, 6.07) is 19.7. The van der Waals surface area contributed by atoms with E-state index in [0.717, 1.165) is 74.0 Å². The topological polar surface area (TPSA) is 46.6 Å². The van der Waals surface area contributed by atoms with Crippen LogP contribution in [-0.4, -0.2) is 66.5 Å². The largest absolute Gasteiger partial charge is 0.454 e. The lowest BCUT2D eigenvalue weighted by Crippen LogP contribution is -2.66. The quantitative estimate of drug-likeness (QED) is 0.348. The van der Waals surface area contributed by atoms with Crippen molar-refractivity contribution in [3.63, 3.8) is 0 Å². The smallest absolute Gasteiger partial charge is 0.331 e. The van der Waals surface area contributed by atoms with Crippen molar-refractivity contribution in [2.45, 2.75) is 50.7 Å². The number of fused-ring (bicyclic) bond motifs is 3. The third-order valence-corrected chi connectivity index (χ3v) is 8.60. The van der Waals surface area contributed by atoms with E-state index >= 15 is 0 Å². The number of Topliss-reactive ketones (excluding diaryl/α,β-unsaturated/α-hetero) is 1. The fraction of sp³-hybridized carbons (Fsp3) is 0.517. The molecule has 2 atom stereocenters. The third-order valence-electron chi connectivity index (χ3n) is 8.60. The van der Waals surface area contributed by atoms with E-state index in [1.165, 1.54) is 6.42 Å². The van der Waals surface area contributed by atoms with Crippen LogP contribution in [0, 0.1) is 5.92 Å². The number of hydrogen-bond acceptors (Lipinski definition) is 4. The minimum absolute atomic E-state index is 0.119. The molecule has 0 radical (unpaired) electrons. The predicted octanol–water partition coefficient (Wildman–Crippen LogP) is 4.42. The second kappa shape index (κ2) is 9.63. The van der Waals surface area contributed by atoms with Gasteiger partial charge in [-0.2, -0.15) is 0 Å². The average Bonchev–Trinajstić information content (AvgIpc) is 2.90. The van der Waals surface area contributed by atoms with Crippen molar-refractivity contribution in [1.82, 2.24) is 4.90 Å². The number of piperidine rings is 4. The Morgan fingerprint density at radius 3 is 2.21 bits per heavy atom. The molecule has 0 spiro atoms. The Bertz CT molecular complexity index is 995. The summed E-state index contributed by atoms with van der Waals surface area (Å²) in [6.45, 7) is 7.12. The molecule has 2 aromatic rings. The Morgan fingerprint density at radius 1 is 0.941 bits per heavy atom. The molecular formula is C29H37N2O3+. The van der Waals surface area contributed by atoms with Gasteiger partial charge in [0.15, 0.2) is 6.10 Å². The maximum absolute atomic E-state index is 13.9. The number of ketones is 1. The summed E-state index contributed by atoms with van der Waals surface area (Å²) in [6.07, 6.45) is 5.37. The molecule has 4 aliphatic heterocycles. The second-order valence-electron chi connectivity index (χ2n) is 10.7. The molecule has 4 aliphatic rings. The van der Waals surface area contributed by atoms with Crippen LogP contribution in [0.2, 0.25) is 0 Å². The summed E-state index contributed by atoms with van der Waals surface area (Å²) in [5, 5.41) is 0. The number of likely N-dealkylation sites (tertiary alicyclic amines) is 1. The van der Waals surface area contributed by atoms with Crippen LogP contribution < -0.4 is 0 Å². The van der Waals surface area contributed by atoms with Gasteiger partial charge in [0, 0.05) is 24.3 Å². The van der Waals surface area contributed by atoms with Crippen LogP contribution in [-0.2, 0) is 15.1 Å². The maximum atomic E-state index is 13.9. The minimum Gasteiger partial charge on any atom is -0.454 e. The van der Waals surface area contributed by atoms with Gasteiger partial charge in [0.05, 0.1) is 13.1 Å². The zero-order valence-corrected chi connectivity index (χ0v) is 20.3. The van der Waals surface area contributed by atoms with Crippen LogP contribution in [0.25, 0.3) is 0 Å². The fourth-order valence-corrected chi connectivity index (χ4v) is 6.38. The van der Waals surface area contributed by atoms with E-state index in [1.54, 1.807) is 0 Å². The molecule has 0 unspecified atom stereocenters. The van der Waals surface area contributed by atoms with Gasteiger partial charge in [-0.25, -0.2) is 4.79 Å². The SMILES string of the molecule is C[C@@](C(=O)O[C@H]1C[N+]2(CC(=O)c3ccccc3)CCC1CC2)(c1ccccc1)N1CCCCC1. The third kappa shape index (κ3) is 4.44. The maximum Gasteiger partial charge on any atom is 0.331 e. The van der Waals surface area contributed by atoms with Crippen LogP contribution in [0.4, 0.5) is 0 Å². The molecular weight excluding hydrogens is 424 g/mol. The molecule has 2 bridgehead atoms. The number of nitrogens with zero attached hydrogens (tertiary/aromatic N) is 2. The second-order valence-corrected chi connectivity index (χ2v) is 10.7. The van der Waals surface area contributed by atoms with Gasteiger partial charge in [0.25, 0.3) is 0 Å². The number of hydrogen-bond donors (Lipinski definition) is 0. The molecule has 0 amide bonds. The first-order valence-corrected chi connectivity index (χ1v) is 13.0. The highest BCUT2D eigenvalue weighted by Crippen LogP contribution is 2.39. The van der Waals surface area contributed by atoms with E-state index < -0.39 is 5.54 Å². The molecule has 34 heavy (non-hydrogen) atoms. The van der Waals surface area contributed by atoms with Gasteiger partial charge in [-0.1, -0.05) is 67.1 Å². The molecule has 180 valence electrons. The van der Waals surface area contributed by atoms with Crippen molar-refractivity contribution < 1.29 is 18.8 Å². The molecule has 4 saturated heterocycles. The Hall–Kier alpha value is -2.50. The van der Waals surface area contributed by atoms with Gasteiger partial charge in [-0.05, 0) is 38.4 Å². The number of quaternary nitrogens is 1. The van der Waals surface area contributed by atoms with Gasteiger partial charge in [0.1, 0.15) is 18.6 Å². The van der Waals surface area contributed by atoms with Crippen LogP contribution in [0.15, 0.2) is 60.7 Å². The van der Waals surface area contributed by atoms with Gasteiger partial charge >= 0.3 is 5.97 Å². The Morgan fingerprint density at radius 2 is 1.56 bits per heavy atom. The molecule has 4 heterocycles. The average molecular weight is 462 g/mol. The first-order chi connectivity index (χ1) is 16.5. The highest BCUT2D eigenvalue weighted by atomic mass is 16.5. The summed E-state index contributed by atoms with van der Waals surface area (Å²) in [7, 11) is 0. The van der Waals surface area contributed by atoms with Gasteiger partial charge < -0.3 is 9.22 Å². The lowest BCUT2D eigenvalue weighted by atomic mass is 9.82. The number of carbonyl (C=O) groups is 2. The number of carbonyl (C=O) groups excluding carboxylic acids is 2. The molecule has 5 nitrogen and oxygen atoms in total. The highest BCUT2D eigenvalue weighted by molar-refractivity contribution is 5.97. The minimum atomic E-state index is -0.779. The molecule has 5 heteroatoms. The molecule has 0 N–H and O–H groups in total. The summed E-state index contributed by atoms with van der Waals surface area (Å²) in [5.74, 6) is 0.456. The predicted molar refractivity (Wildman–Crippen MR) is 132 cm³/mol. The monoisotopic (exact) mass is 461 g/mol. The lowest BCUT2D eigenvalue weighted by Gasteiger charge is -2.52. The van der Waals surface area contributed by atoms with Crippen LogP contribution in [0.5, 0.6) is 0 Å². The zero-order valence-electron chi connectivity index (χ0n) is 20.3. The normalized spacial score (nSPS) is 28.7. The van der Waals surface area contributed by atoms with E-state index in [4.69, 9.17) is 4.74 Å². The molecule has 4 fully saturated rings. The summed E-state index contributed by atoms with van der Waals surface area (Å²) in [5.41, 5.74) is 1.00. The van der Waals surface area contributed by atoms with Crippen molar-refractivity contribution in [2.75, 3.05) is 39.3 Å². The Kier molecular flexibility index (Phi) is 6.59. The Labute approximate surface area is 203 Å². The number of rotatable bonds is 7. The van der Waals surface area contributed by atoms with Gasteiger partial charge in [-0.3, -0.25) is 9.69 Å². The van der Waals surface area contributed by atoms with Crippen LogP contribution >= 0.6 is 0 Å². The summed E-state index contributed by atoms with van der Waals surface area (Å²) in [4.78, 5) is 29.3. The van der Waals surface area contributed by atoms with E-state index in [1.807, 2.05) is 55.5 Å². The van der Waals surface area contributed by atoms with Crippen molar-refractivity contribution >= 4 is 11.8 Å². The van der Waals surface area contributed by atoms with Gasteiger partial charge in [-0.15, -0.1) is 0 Å². The molecule has 6 rings (SSSR count). The number of esters is 1. The van der Waals surface area contributed by atoms with Crippen LogP contribution in [0.1, 0.15) is 54.9 Å². The van der Waals surface area contributed by atoms with E-state index in [-0.39, 0.29) is 17.9 Å². The van der Waals surface area contributed by atoms with Crippen molar-refractivity contribution in [1.29, 1.82) is 0 Å². The van der Waals surface area contributed by atoms with Crippen molar-refractivity contribution in [3.05, 3.63) is 71.8 Å². The van der Waals surface area contributed by atoms with Crippen LogP contribution in [0.3, 0.4) is 0 Å². The van der Waals surface area contributed by atoms with Crippen molar-refractivity contribution in [2.24, 2.45) is 5.92 Å². The van der Waals surface area contributed by atoms with E-state index in [2.05, 4.69) is 17.0 Å². The molecule has 0 aromatic heterocycles. The zero-order chi connectivity index (χ0) is 23.6. The highest BCUT2D eigenvalue weighted by Gasteiger charge is 2.51. The van der Waals surface area contributed by atoms with Crippen molar-refractivity contribution in [3.8, 4) is 0 Å². The first kappa shape index (κ1) is 23.3. The summed E-state index contributed by atoms with van der Waals surface area (Å²) >= 11 is 0. The number of benzene rings is 2. The molecule has 0 aliphatic carbocycles. The summed E-state index contributed by atoms with van der Waals surface area (Å²) < 4.78 is 7.15. The van der Waals surface area contributed by atoms with E-state index in [9.17, 15) is 9.59 Å². The molecule has 2 aromatic carbocycles. The first-order valence-electron chi connectivity index (χ1n) is 13.0. The van der Waals surface area contributed by atoms with E-state index in [0.29, 0.717) is 12.5 Å². The number of ether oxygens (including phenoxy) is 1. The standard InChI is InChI=1S/C29H37N2O3/c1-29(25-13-7-3-8-14-25,30-17-9-4-10-18-30)28(33)34-27-22-31(19-15-24(27)16-20-31)21-26(32)23-11-5-2-6-12-23/h2-3,5-8,11-14,24,27H,4,9-10,15-22H2,1H3/q+1/t24?,27-,29-,31?/m0/s1. The van der Waals surface area contributed by atoms with Gasteiger partial charge in [0.2, 0.25) is 5.78 Å². The lowest BCUT2D eigenvalue weighted by molar-refractivity contribution is -0.938. The Balaban J connectivity index is 1.34. The fourth-order valence-electron chi connectivity index (χ4n) is 6.38. The molecule has 0 saturated carbocycles.